The van der Waals surface area contributed by atoms with E-state index in [-0.39, 0.29) is 0 Å². The summed E-state index contributed by atoms with van der Waals surface area (Å²) in [6.45, 7) is 6.78. The molecular formula is C24H25ClN4O2. The number of fused-ring (bicyclic) bond motifs is 1. The van der Waals surface area contributed by atoms with Gasteiger partial charge in [0.1, 0.15) is 22.8 Å². The first-order valence-electron chi connectivity index (χ1n) is 10.1. The minimum absolute atomic E-state index is 0.345. The van der Waals surface area contributed by atoms with Gasteiger partial charge in [0.2, 0.25) is 0 Å². The predicted octanol–water partition coefficient (Wildman–Crippen LogP) is 5.25. The van der Waals surface area contributed by atoms with Gasteiger partial charge in [-0.2, -0.15) is 0 Å². The fourth-order valence-electron chi connectivity index (χ4n) is 3.88. The second-order valence-electron chi connectivity index (χ2n) is 7.37. The van der Waals surface area contributed by atoms with Crippen molar-refractivity contribution in [1.82, 2.24) is 14.4 Å². The number of imidazole rings is 1. The SMILES string of the molecule is CCOc1c(Cc2nc(Cl)c3c(N)nccn23)cc(C)c(C)c1-c1ccc(OC)cc1. The maximum absolute atomic E-state index is 6.37. The normalized spacial score (nSPS) is 11.1. The molecule has 31 heavy (non-hydrogen) atoms. The highest BCUT2D eigenvalue weighted by molar-refractivity contribution is 6.33. The standard InChI is InChI=1S/C24H25ClN4O2/c1-5-31-22-17(13-19-28-23(25)21-24(26)27-10-11-29(19)21)12-14(2)15(3)20(22)16-6-8-18(30-4)9-7-16/h6-12H,5,13H2,1-4H3,(H2,26,27). The molecule has 4 rings (SSSR count). The highest BCUT2D eigenvalue weighted by Gasteiger charge is 2.20. The zero-order valence-corrected chi connectivity index (χ0v) is 18.8. The van der Waals surface area contributed by atoms with Gasteiger partial charge in [-0.05, 0) is 49.6 Å². The highest BCUT2D eigenvalue weighted by Crippen LogP contribution is 2.40. The molecule has 0 aliphatic carbocycles. The van der Waals surface area contributed by atoms with E-state index >= 15 is 0 Å². The van der Waals surface area contributed by atoms with Crippen LogP contribution in [0.15, 0.2) is 42.7 Å². The Labute approximate surface area is 186 Å². The Balaban J connectivity index is 1.89. The lowest BCUT2D eigenvalue weighted by molar-refractivity contribution is 0.338. The summed E-state index contributed by atoms with van der Waals surface area (Å²) in [5.41, 5.74) is 12.2. The Morgan fingerprint density at radius 2 is 1.90 bits per heavy atom. The number of nitrogen functional groups attached to an aromatic ring is 1. The molecule has 0 radical (unpaired) electrons. The molecular weight excluding hydrogens is 412 g/mol. The van der Waals surface area contributed by atoms with E-state index in [1.165, 1.54) is 11.1 Å². The Morgan fingerprint density at radius 1 is 1.16 bits per heavy atom. The molecule has 2 N–H and O–H groups in total. The van der Waals surface area contributed by atoms with Gasteiger partial charge in [0.05, 0.1) is 13.7 Å². The van der Waals surface area contributed by atoms with E-state index in [1.807, 2.05) is 29.7 Å². The van der Waals surface area contributed by atoms with Gasteiger partial charge in [-0.25, -0.2) is 9.97 Å². The number of nitrogens with zero attached hydrogens (tertiary/aromatic N) is 3. The molecule has 0 saturated heterocycles. The second-order valence-corrected chi connectivity index (χ2v) is 7.73. The smallest absolute Gasteiger partial charge is 0.158 e. The summed E-state index contributed by atoms with van der Waals surface area (Å²) in [7, 11) is 1.67. The number of anilines is 1. The van der Waals surface area contributed by atoms with Crippen molar-refractivity contribution >= 4 is 22.9 Å². The number of rotatable bonds is 6. The van der Waals surface area contributed by atoms with E-state index in [2.05, 4.69) is 42.0 Å². The number of ether oxygens (including phenoxy) is 2. The lowest BCUT2D eigenvalue weighted by atomic mass is 9.91. The summed E-state index contributed by atoms with van der Waals surface area (Å²) < 4.78 is 13.4. The number of hydrogen-bond donors (Lipinski definition) is 1. The first kappa shape index (κ1) is 21.0. The summed E-state index contributed by atoms with van der Waals surface area (Å²) in [5.74, 6) is 2.80. The first-order chi connectivity index (χ1) is 14.9. The number of benzene rings is 2. The molecule has 0 aliphatic rings. The van der Waals surface area contributed by atoms with Crippen LogP contribution in [0.4, 0.5) is 5.82 Å². The zero-order valence-electron chi connectivity index (χ0n) is 18.1. The maximum Gasteiger partial charge on any atom is 0.158 e. The van der Waals surface area contributed by atoms with Crippen molar-refractivity contribution in [3.05, 3.63) is 70.4 Å². The monoisotopic (exact) mass is 436 g/mol. The Bertz CT molecular complexity index is 1250. The molecule has 0 spiro atoms. The van der Waals surface area contributed by atoms with Crippen molar-refractivity contribution in [2.75, 3.05) is 19.5 Å². The van der Waals surface area contributed by atoms with E-state index in [0.717, 1.165) is 34.0 Å². The van der Waals surface area contributed by atoms with Gasteiger partial charge in [-0.1, -0.05) is 29.8 Å². The van der Waals surface area contributed by atoms with Crippen LogP contribution in [0.3, 0.4) is 0 Å². The van der Waals surface area contributed by atoms with Crippen LogP contribution in [0.5, 0.6) is 11.5 Å². The zero-order chi connectivity index (χ0) is 22.1. The lowest BCUT2D eigenvalue weighted by Gasteiger charge is -2.20. The third kappa shape index (κ3) is 3.79. The highest BCUT2D eigenvalue weighted by atomic mass is 35.5. The Kier molecular flexibility index (Phi) is 5.74. The van der Waals surface area contributed by atoms with Crippen LogP contribution in [0, 0.1) is 13.8 Å². The maximum atomic E-state index is 6.37. The third-order valence-corrected chi connectivity index (χ3v) is 5.77. The van der Waals surface area contributed by atoms with E-state index in [9.17, 15) is 0 Å². The minimum atomic E-state index is 0.345. The molecule has 2 aromatic heterocycles. The molecule has 0 bridgehead atoms. The van der Waals surface area contributed by atoms with Crippen molar-refractivity contribution in [3.63, 3.8) is 0 Å². The number of aromatic nitrogens is 3. The molecule has 0 aliphatic heterocycles. The van der Waals surface area contributed by atoms with Crippen molar-refractivity contribution in [2.24, 2.45) is 0 Å². The van der Waals surface area contributed by atoms with Crippen LogP contribution in [0.1, 0.15) is 29.4 Å². The molecule has 2 heterocycles. The number of halogens is 1. The van der Waals surface area contributed by atoms with Crippen molar-refractivity contribution in [3.8, 4) is 22.6 Å². The van der Waals surface area contributed by atoms with Crippen LogP contribution in [-0.2, 0) is 6.42 Å². The molecule has 0 unspecified atom stereocenters. The van der Waals surface area contributed by atoms with Gasteiger partial charge in [-0.3, -0.25) is 4.40 Å². The molecule has 0 fully saturated rings. The van der Waals surface area contributed by atoms with Gasteiger partial charge in [-0.15, -0.1) is 0 Å². The fraction of sp³-hybridized carbons (Fsp3) is 0.250. The molecule has 0 amide bonds. The van der Waals surface area contributed by atoms with Crippen molar-refractivity contribution in [2.45, 2.75) is 27.2 Å². The summed E-state index contributed by atoms with van der Waals surface area (Å²) >= 11 is 6.37. The summed E-state index contributed by atoms with van der Waals surface area (Å²) in [6, 6.07) is 10.2. The quantitative estimate of drug-likeness (QED) is 0.447. The molecule has 7 heteroatoms. The van der Waals surface area contributed by atoms with Gasteiger partial charge in [0, 0.05) is 29.9 Å². The lowest BCUT2D eigenvalue weighted by Crippen LogP contribution is -2.05. The van der Waals surface area contributed by atoms with Crippen molar-refractivity contribution in [1.29, 1.82) is 0 Å². The summed E-state index contributed by atoms with van der Waals surface area (Å²) in [5, 5.41) is 0.345. The molecule has 6 nitrogen and oxygen atoms in total. The Morgan fingerprint density at radius 3 is 2.58 bits per heavy atom. The number of methoxy groups -OCH3 is 1. The largest absolute Gasteiger partial charge is 0.497 e. The summed E-state index contributed by atoms with van der Waals surface area (Å²) in [6.07, 6.45) is 4.01. The average molecular weight is 437 g/mol. The minimum Gasteiger partial charge on any atom is -0.497 e. The number of aryl methyl sites for hydroxylation is 1. The molecule has 0 atom stereocenters. The average Bonchev–Trinajstić information content (AvgIpc) is 3.08. The van der Waals surface area contributed by atoms with Gasteiger partial charge in [0.25, 0.3) is 0 Å². The van der Waals surface area contributed by atoms with Crippen LogP contribution >= 0.6 is 11.6 Å². The number of nitrogens with two attached hydrogens (primary N) is 1. The van der Waals surface area contributed by atoms with Gasteiger partial charge < -0.3 is 15.2 Å². The van der Waals surface area contributed by atoms with E-state index in [1.54, 1.807) is 13.3 Å². The number of hydrogen-bond acceptors (Lipinski definition) is 5. The molecule has 2 aromatic carbocycles. The van der Waals surface area contributed by atoms with Crippen LogP contribution in [-0.4, -0.2) is 28.1 Å². The van der Waals surface area contributed by atoms with Crippen molar-refractivity contribution < 1.29 is 9.47 Å². The second kappa shape index (κ2) is 8.47. The van der Waals surface area contributed by atoms with Crippen LogP contribution < -0.4 is 15.2 Å². The predicted molar refractivity (Wildman–Crippen MR) is 124 cm³/mol. The van der Waals surface area contributed by atoms with E-state index in [4.69, 9.17) is 26.8 Å². The summed E-state index contributed by atoms with van der Waals surface area (Å²) in [4.78, 5) is 8.69. The molecule has 160 valence electrons. The Hall–Kier alpha value is -3.25. The molecule has 0 saturated carbocycles. The van der Waals surface area contributed by atoms with E-state index < -0.39 is 0 Å². The van der Waals surface area contributed by atoms with Gasteiger partial charge >= 0.3 is 0 Å². The third-order valence-electron chi connectivity index (χ3n) is 5.51. The van der Waals surface area contributed by atoms with E-state index in [0.29, 0.717) is 29.5 Å². The van der Waals surface area contributed by atoms with Gasteiger partial charge in [0.15, 0.2) is 11.0 Å². The van der Waals surface area contributed by atoms with Crippen LogP contribution in [0.25, 0.3) is 16.6 Å². The van der Waals surface area contributed by atoms with Crippen LogP contribution in [0.2, 0.25) is 5.15 Å². The molecule has 4 aromatic rings. The topological polar surface area (TPSA) is 74.7 Å². The first-order valence-corrected chi connectivity index (χ1v) is 10.5. The fourth-order valence-corrected chi connectivity index (χ4v) is 4.17.